The minimum absolute atomic E-state index is 0.252. The van der Waals surface area contributed by atoms with Crippen LogP contribution < -0.4 is 4.57 Å². The van der Waals surface area contributed by atoms with E-state index in [4.69, 9.17) is 0 Å². The van der Waals surface area contributed by atoms with Gasteiger partial charge in [-0.2, -0.15) is 0 Å². The Hall–Kier alpha value is -4.95. The molecule has 3 aliphatic carbocycles. The molecule has 2 nitrogen and oxygen atoms in total. The van der Waals surface area contributed by atoms with E-state index in [-0.39, 0.29) is 11.8 Å². The number of pyridine rings is 1. The van der Waals surface area contributed by atoms with Crippen LogP contribution >= 0.6 is 0 Å². The number of rotatable bonds is 2. The van der Waals surface area contributed by atoms with Crippen LogP contribution in [0.3, 0.4) is 0 Å². The Labute approximate surface area is 239 Å². The summed E-state index contributed by atoms with van der Waals surface area (Å²) < 4.78 is 4.73. The first-order valence-electron chi connectivity index (χ1n) is 14.5. The first-order chi connectivity index (χ1) is 20.2. The molecule has 194 valence electrons. The maximum Gasteiger partial charge on any atom is 0.213 e. The number of hydrogen-bond acceptors (Lipinski definition) is 0. The molecule has 0 atom stereocenters. The van der Waals surface area contributed by atoms with Crippen molar-refractivity contribution in [2.45, 2.75) is 18.8 Å². The lowest BCUT2D eigenvalue weighted by Crippen LogP contribution is -2.30. The number of aryl methyl sites for hydroxylation is 2. The van der Waals surface area contributed by atoms with Gasteiger partial charge in [0, 0.05) is 40.4 Å². The van der Waals surface area contributed by atoms with Crippen molar-refractivity contribution in [1.82, 2.24) is 4.57 Å². The van der Waals surface area contributed by atoms with Crippen molar-refractivity contribution < 1.29 is 4.57 Å². The lowest BCUT2D eigenvalue weighted by Gasteiger charge is -2.42. The molecule has 0 N–H and O–H groups in total. The molecule has 0 radical (unpaired) electrons. The number of aromatic nitrogens is 2. The summed E-state index contributed by atoms with van der Waals surface area (Å²) in [7, 11) is 2.15. The van der Waals surface area contributed by atoms with Crippen LogP contribution in [0, 0.1) is 6.92 Å². The molecule has 10 rings (SSSR count). The largest absolute Gasteiger partial charge is 0.309 e. The number of hydrogen-bond donors (Lipinski definition) is 0. The van der Waals surface area contributed by atoms with E-state index in [1.165, 1.54) is 77.7 Å². The van der Waals surface area contributed by atoms with E-state index in [1.54, 1.807) is 0 Å². The second kappa shape index (κ2) is 8.28. The molecule has 2 bridgehead atoms. The highest BCUT2D eigenvalue weighted by molar-refractivity contribution is 6.16. The third-order valence-electron chi connectivity index (χ3n) is 9.53. The van der Waals surface area contributed by atoms with Crippen LogP contribution in [0.5, 0.6) is 0 Å². The highest BCUT2D eigenvalue weighted by Gasteiger charge is 2.41. The molecule has 5 aromatic carbocycles. The molecule has 2 aromatic heterocycles. The van der Waals surface area contributed by atoms with Crippen LogP contribution in [0.25, 0.3) is 38.8 Å². The molecule has 2 heteroatoms. The van der Waals surface area contributed by atoms with Crippen molar-refractivity contribution in [2.75, 3.05) is 0 Å². The number of para-hydroxylation sites is 1. The first-order valence-corrected chi connectivity index (χ1v) is 14.5. The molecule has 7 aromatic rings. The highest BCUT2D eigenvalue weighted by Crippen LogP contribution is 2.57. The number of benzene rings is 5. The topological polar surface area (TPSA) is 8.81 Å². The molecule has 0 spiro atoms. The minimum Gasteiger partial charge on any atom is -0.309 e. The predicted molar refractivity (Wildman–Crippen MR) is 167 cm³/mol. The van der Waals surface area contributed by atoms with Crippen LogP contribution in [0.15, 0.2) is 128 Å². The normalized spacial score (nSPS) is 16.5. The van der Waals surface area contributed by atoms with Crippen molar-refractivity contribution in [3.05, 3.63) is 166 Å². The van der Waals surface area contributed by atoms with Crippen molar-refractivity contribution in [1.29, 1.82) is 0 Å². The fourth-order valence-corrected chi connectivity index (χ4v) is 7.84. The van der Waals surface area contributed by atoms with Gasteiger partial charge in [0.1, 0.15) is 7.05 Å². The minimum atomic E-state index is 0.252. The first kappa shape index (κ1) is 22.8. The Morgan fingerprint density at radius 3 is 1.78 bits per heavy atom. The van der Waals surface area contributed by atoms with Crippen LogP contribution in [0.1, 0.15) is 50.8 Å². The summed E-state index contributed by atoms with van der Waals surface area (Å²) in [5, 5.41) is 2.66. The predicted octanol–water partition coefficient (Wildman–Crippen LogP) is 8.57. The van der Waals surface area contributed by atoms with E-state index in [0.29, 0.717) is 0 Å². The Balaban J connectivity index is 1.46. The second-order valence-corrected chi connectivity index (χ2v) is 11.6. The van der Waals surface area contributed by atoms with Gasteiger partial charge in [0.15, 0.2) is 6.20 Å². The van der Waals surface area contributed by atoms with Gasteiger partial charge in [-0.3, -0.25) is 0 Å². The third kappa shape index (κ3) is 3.00. The van der Waals surface area contributed by atoms with Crippen molar-refractivity contribution in [3.63, 3.8) is 0 Å². The summed E-state index contributed by atoms with van der Waals surface area (Å²) in [6.07, 6.45) is 2.15. The Morgan fingerprint density at radius 2 is 1.15 bits per heavy atom. The van der Waals surface area contributed by atoms with E-state index >= 15 is 0 Å². The van der Waals surface area contributed by atoms with Crippen LogP contribution in [0.4, 0.5) is 0 Å². The molecular weight excluding hydrogens is 496 g/mol. The zero-order valence-electron chi connectivity index (χ0n) is 23.2. The molecular formula is C39H29N2+. The zero-order valence-corrected chi connectivity index (χ0v) is 23.2. The molecule has 0 aliphatic heterocycles. The molecule has 0 saturated carbocycles. The summed E-state index contributed by atoms with van der Waals surface area (Å²) in [5.74, 6) is 0.505. The maximum absolute atomic E-state index is 2.54. The fraction of sp³-hybridized carbons (Fsp3) is 0.103. The van der Waals surface area contributed by atoms with E-state index in [2.05, 4.69) is 151 Å². The van der Waals surface area contributed by atoms with Gasteiger partial charge in [0.25, 0.3) is 0 Å². The summed E-state index contributed by atoms with van der Waals surface area (Å²) in [5.41, 5.74) is 16.3. The van der Waals surface area contributed by atoms with Gasteiger partial charge < -0.3 is 4.57 Å². The summed E-state index contributed by atoms with van der Waals surface area (Å²) in [4.78, 5) is 0. The molecule has 2 heterocycles. The lowest BCUT2D eigenvalue weighted by atomic mass is 9.61. The molecule has 41 heavy (non-hydrogen) atoms. The van der Waals surface area contributed by atoms with Crippen LogP contribution in [-0.4, -0.2) is 4.57 Å². The standard InChI is InChI=1S/C39H29N2/c1-24-19-20-34-39(36(24)33-18-10-11-21-40(33)2)32-22-30-31(23-35(32)41(34)25-12-4-3-5-13-25)38-28-16-8-6-14-26(28)37(30)27-15-7-9-17-29(27)38/h3-23,37-38H,1-2H3/q+1. The SMILES string of the molecule is Cc1ccc2c(c1-c1cccc[n+]1C)c1cc3c(cc1n2-c1ccccc1)C1c2ccccc2C3c2ccccc21. The molecule has 0 saturated heterocycles. The van der Waals surface area contributed by atoms with Crippen LogP contribution in [-0.2, 0) is 7.05 Å². The molecule has 3 aliphatic rings. The Kier molecular flexibility index (Phi) is 4.61. The monoisotopic (exact) mass is 525 g/mol. The van der Waals surface area contributed by atoms with Crippen molar-refractivity contribution in [3.8, 4) is 16.9 Å². The summed E-state index contributed by atoms with van der Waals surface area (Å²) in [6.45, 7) is 2.25. The summed E-state index contributed by atoms with van der Waals surface area (Å²) in [6, 6.07) is 45.3. The van der Waals surface area contributed by atoms with E-state index in [9.17, 15) is 0 Å². The van der Waals surface area contributed by atoms with Gasteiger partial charge >= 0.3 is 0 Å². The maximum atomic E-state index is 2.54. The zero-order chi connectivity index (χ0) is 27.2. The van der Waals surface area contributed by atoms with E-state index < -0.39 is 0 Å². The lowest BCUT2D eigenvalue weighted by molar-refractivity contribution is -0.660. The average molecular weight is 526 g/mol. The van der Waals surface area contributed by atoms with Gasteiger partial charge in [-0.15, -0.1) is 0 Å². The van der Waals surface area contributed by atoms with Gasteiger partial charge in [0.05, 0.1) is 16.6 Å². The van der Waals surface area contributed by atoms with Crippen LogP contribution in [0.2, 0.25) is 0 Å². The van der Waals surface area contributed by atoms with E-state index in [0.717, 1.165) is 0 Å². The smallest absolute Gasteiger partial charge is 0.213 e. The molecule has 0 unspecified atom stereocenters. The number of nitrogens with zero attached hydrogens (tertiary/aromatic N) is 2. The average Bonchev–Trinajstić information content (AvgIpc) is 3.34. The van der Waals surface area contributed by atoms with Crippen molar-refractivity contribution >= 4 is 21.8 Å². The Morgan fingerprint density at radius 1 is 0.561 bits per heavy atom. The third-order valence-corrected chi connectivity index (χ3v) is 9.53. The molecule has 0 amide bonds. The van der Waals surface area contributed by atoms with Gasteiger partial charge in [-0.1, -0.05) is 72.8 Å². The van der Waals surface area contributed by atoms with Crippen molar-refractivity contribution in [2.24, 2.45) is 7.05 Å². The molecule has 0 fully saturated rings. The quantitative estimate of drug-likeness (QED) is 0.200. The van der Waals surface area contributed by atoms with Gasteiger partial charge in [0.2, 0.25) is 5.69 Å². The Bertz CT molecular complexity index is 2140. The van der Waals surface area contributed by atoms with E-state index in [1.807, 2.05) is 0 Å². The summed E-state index contributed by atoms with van der Waals surface area (Å²) >= 11 is 0. The highest BCUT2D eigenvalue weighted by atomic mass is 15.0. The van der Waals surface area contributed by atoms with Gasteiger partial charge in [-0.25, -0.2) is 4.57 Å². The van der Waals surface area contributed by atoms with Gasteiger partial charge in [-0.05, 0) is 82.3 Å². The second-order valence-electron chi connectivity index (χ2n) is 11.6. The fourth-order valence-electron chi connectivity index (χ4n) is 7.84. The number of fused-ring (bicyclic) bond motifs is 3.